The largest absolute Gasteiger partial charge is 0.386 e. The summed E-state index contributed by atoms with van der Waals surface area (Å²) in [6.45, 7) is 2.18. The Morgan fingerprint density at radius 2 is 2.11 bits per heavy atom. The molecule has 1 saturated heterocycles. The summed E-state index contributed by atoms with van der Waals surface area (Å²) < 4.78 is 0.966. The van der Waals surface area contributed by atoms with Gasteiger partial charge in [0.25, 0.3) is 11.1 Å². The predicted octanol–water partition coefficient (Wildman–Crippen LogP) is -1.48. The zero-order valence-corrected chi connectivity index (χ0v) is 10.0. The normalized spacial score (nSPS) is 17.3. The Morgan fingerprint density at radius 3 is 2.72 bits per heavy atom. The minimum absolute atomic E-state index is 0.214. The molecule has 0 unspecified atom stereocenters. The van der Waals surface area contributed by atoms with Crippen molar-refractivity contribution in [1.29, 1.82) is 0 Å². The minimum atomic E-state index is -0.801. The second kappa shape index (κ2) is 4.41. The van der Waals surface area contributed by atoms with E-state index >= 15 is 0 Å². The number of aromatic nitrogens is 2. The molecule has 2 rings (SSSR count). The molecule has 2 N–H and O–H groups in total. The molecular formula is C11H15N3O4. The molecule has 7 nitrogen and oxygen atoms in total. The molecule has 1 aliphatic heterocycles. The SMILES string of the molecule is CCC1(O)CN(C(=O)Cn2[nH]c(=O)ccc2=O)C1. The molecule has 1 fully saturated rings. The number of β-amino-alcohol motifs (C(OH)–C–C–N with tert-alkyl or cyclic N) is 1. The van der Waals surface area contributed by atoms with E-state index < -0.39 is 16.7 Å². The number of rotatable bonds is 3. The van der Waals surface area contributed by atoms with Gasteiger partial charge in [0.1, 0.15) is 6.54 Å². The van der Waals surface area contributed by atoms with Crippen molar-refractivity contribution in [2.45, 2.75) is 25.5 Å². The van der Waals surface area contributed by atoms with Crippen molar-refractivity contribution in [3.8, 4) is 0 Å². The molecule has 7 heteroatoms. The van der Waals surface area contributed by atoms with Gasteiger partial charge in [-0.1, -0.05) is 6.92 Å². The molecule has 1 aliphatic rings. The molecule has 2 heterocycles. The van der Waals surface area contributed by atoms with Crippen molar-refractivity contribution in [1.82, 2.24) is 14.7 Å². The molecule has 18 heavy (non-hydrogen) atoms. The van der Waals surface area contributed by atoms with Gasteiger partial charge < -0.3 is 10.0 Å². The zero-order chi connectivity index (χ0) is 13.3. The Morgan fingerprint density at radius 1 is 1.44 bits per heavy atom. The van der Waals surface area contributed by atoms with E-state index in [0.29, 0.717) is 6.42 Å². The fraction of sp³-hybridized carbons (Fsp3) is 0.545. The monoisotopic (exact) mass is 253 g/mol. The summed E-state index contributed by atoms with van der Waals surface area (Å²) in [4.78, 5) is 35.7. The van der Waals surface area contributed by atoms with E-state index in [4.69, 9.17) is 0 Å². The lowest BCUT2D eigenvalue weighted by molar-refractivity contribution is -0.156. The molecule has 0 saturated carbocycles. The first kappa shape index (κ1) is 12.6. The standard InChI is InChI=1S/C11H15N3O4/c1-2-11(18)6-13(7-11)10(17)5-14-9(16)4-3-8(15)12-14/h3-4,18H,2,5-7H2,1H3,(H,12,15). The molecular weight excluding hydrogens is 238 g/mol. The highest BCUT2D eigenvalue weighted by Gasteiger charge is 2.41. The van der Waals surface area contributed by atoms with Crippen molar-refractivity contribution < 1.29 is 9.90 Å². The number of nitrogens with one attached hydrogen (secondary N) is 1. The number of amides is 1. The summed E-state index contributed by atoms with van der Waals surface area (Å²) in [5.74, 6) is -0.294. The molecule has 1 aromatic heterocycles. The number of hydrogen-bond acceptors (Lipinski definition) is 4. The van der Waals surface area contributed by atoms with E-state index in [2.05, 4.69) is 5.10 Å². The summed E-state index contributed by atoms with van der Waals surface area (Å²) in [7, 11) is 0. The second-order valence-electron chi connectivity index (χ2n) is 4.56. The van der Waals surface area contributed by atoms with Gasteiger partial charge in [0, 0.05) is 12.1 Å². The van der Waals surface area contributed by atoms with Crippen LogP contribution in [0.4, 0.5) is 0 Å². The van der Waals surface area contributed by atoms with E-state index in [9.17, 15) is 19.5 Å². The molecule has 1 amide bonds. The first-order valence-corrected chi connectivity index (χ1v) is 5.74. The van der Waals surface area contributed by atoms with Crippen LogP contribution in [0, 0.1) is 0 Å². The van der Waals surface area contributed by atoms with E-state index in [1.807, 2.05) is 6.92 Å². The Kier molecular flexibility index (Phi) is 3.08. The maximum atomic E-state index is 11.8. The van der Waals surface area contributed by atoms with Gasteiger partial charge in [-0.05, 0) is 6.42 Å². The molecule has 0 aromatic carbocycles. The van der Waals surface area contributed by atoms with Gasteiger partial charge in [-0.25, -0.2) is 4.68 Å². The maximum Gasteiger partial charge on any atom is 0.265 e. The van der Waals surface area contributed by atoms with Crippen LogP contribution in [0.3, 0.4) is 0 Å². The quantitative estimate of drug-likeness (QED) is 0.686. The molecule has 98 valence electrons. The molecule has 0 spiro atoms. The Balaban J connectivity index is 2.03. The van der Waals surface area contributed by atoms with Gasteiger partial charge in [-0.15, -0.1) is 0 Å². The number of carbonyl (C=O) groups is 1. The number of H-pyrrole nitrogens is 1. The third-order valence-corrected chi connectivity index (χ3v) is 3.16. The van der Waals surface area contributed by atoms with Gasteiger partial charge in [0.2, 0.25) is 5.91 Å². The number of carbonyl (C=O) groups excluding carboxylic acids is 1. The number of nitrogens with zero attached hydrogens (tertiary/aromatic N) is 2. The Labute approximate surface area is 103 Å². The van der Waals surface area contributed by atoms with Gasteiger partial charge in [-0.2, -0.15) is 0 Å². The average molecular weight is 253 g/mol. The minimum Gasteiger partial charge on any atom is -0.386 e. The molecule has 0 aliphatic carbocycles. The zero-order valence-electron chi connectivity index (χ0n) is 10.0. The number of aromatic amines is 1. The molecule has 0 bridgehead atoms. The van der Waals surface area contributed by atoms with Crippen LogP contribution in [-0.4, -0.2) is 44.4 Å². The smallest absolute Gasteiger partial charge is 0.265 e. The van der Waals surface area contributed by atoms with Gasteiger partial charge >= 0.3 is 0 Å². The lowest BCUT2D eigenvalue weighted by atomic mass is 9.91. The summed E-state index contributed by atoms with van der Waals surface area (Å²) in [5.41, 5.74) is -1.67. The van der Waals surface area contributed by atoms with Crippen LogP contribution in [0.15, 0.2) is 21.7 Å². The fourth-order valence-electron chi connectivity index (χ4n) is 1.88. The second-order valence-corrected chi connectivity index (χ2v) is 4.56. The summed E-state index contributed by atoms with van der Waals surface area (Å²) in [5, 5.41) is 12.1. The van der Waals surface area contributed by atoms with Crippen LogP contribution in [-0.2, 0) is 11.3 Å². The molecule has 0 atom stereocenters. The first-order chi connectivity index (χ1) is 8.43. The molecule has 0 radical (unpaired) electrons. The lowest BCUT2D eigenvalue weighted by Gasteiger charge is -2.46. The van der Waals surface area contributed by atoms with Crippen molar-refractivity contribution in [2.24, 2.45) is 0 Å². The van der Waals surface area contributed by atoms with Crippen molar-refractivity contribution in [3.05, 3.63) is 32.8 Å². The van der Waals surface area contributed by atoms with Gasteiger partial charge in [0.05, 0.1) is 18.7 Å². The fourth-order valence-corrected chi connectivity index (χ4v) is 1.88. The van der Waals surface area contributed by atoms with Crippen molar-refractivity contribution in [2.75, 3.05) is 13.1 Å². The van der Waals surface area contributed by atoms with E-state index in [1.165, 1.54) is 4.90 Å². The number of likely N-dealkylation sites (tertiary alicyclic amines) is 1. The third kappa shape index (κ3) is 2.35. The molecule has 1 aromatic rings. The third-order valence-electron chi connectivity index (χ3n) is 3.16. The van der Waals surface area contributed by atoms with E-state index in [1.54, 1.807) is 0 Å². The van der Waals surface area contributed by atoms with Gasteiger partial charge in [0.15, 0.2) is 0 Å². The highest BCUT2D eigenvalue weighted by molar-refractivity contribution is 5.77. The van der Waals surface area contributed by atoms with E-state index in [0.717, 1.165) is 16.8 Å². The number of hydrogen-bond donors (Lipinski definition) is 2. The van der Waals surface area contributed by atoms with Crippen LogP contribution in [0.25, 0.3) is 0 Å². The van der Waals surface area contributed by atoms with Crippen molar-refractivity contribution in [3.63, 3.8) is 0 Å². The maximum absolute atomic E-state index is 11.8. The first-order valence-electron chi connectivity index (χ1n) is 5.74. The highest BCUT2D eigenvalue weighted by Crippen LogP contribution is 2.23. The predicted molar refractivity (Wildman–Crippen MR) is 63.1 cm³/mol. The van der Waals surface area contributed by atoms with Crippen LogP contribution in [0.5, 0.6) is 0 Å². The highest BCUT2D eigenvalue weighted by atomic mass is 16.3. The van der Waals surface area contributed by atoms with Crippen LogP contribution in [0.1, 0.15) is 13.3 Å². The summed E-state index contributed by atoms with van der Waals surface area (Å²) in [6.07, 6.45) is 0.582. The lowest BCUT2D eigenvalue weighted by Crippen LogP contribution is -2.63. The van der Waals surface area contributed by atoms with Crippen LogP contribution < -0.4 is 11.1 Å². The van der Waals surface area contributed by atoms with Crippen LogP contribution in [0.2, 0.25) is 0 Å². The van der Waals surface area contributed by atoms with Gasteiger partial charge in [-0.3, -0.25) is 19.5 Å². The summed E-state index contributed by atoms with van der Waals surface area (Å²) in [6, 6.07) is 2.23. The Hall–Kier alpha value is -1.89. The van der Waals surface area contributed by atoms with E-state index in [-0.39, 0.29) is 25.5 Å². The summed E-state index contributed by atoms with van der Waals surface area (Å²) >= 11 is 0. The Bertz CT molecular complexity index is 568. The van der Waals surface area contributed by atoms with Crippen molar-refractivity contribution >= 4 is 5.91 Å². The topological polar surface area (TPSA) is 95.4 Å². The average Bonchev–Trinajstić information content (AvgIpc) is 2.29. The van der Waals surface area contributed by atoms with Crippen LogP contribution >= 0.6 is 0 Å². The number of aliphatic hydroxyl groups is 1.